The van der Waals surface area contributed by atoms with Gasteiger partial charge in [0.05, 0.1) is 32.5 Å². The first kappa shape index (κ1) is 26.2. The number of benzene rings is 3. The number of nitrogens with one attached hydrogen (secondary N) is 1. The van der Waals surface area contributed by atoms with E-state index in [1.165, 1.54) is 7.11 Å². The van der Waals surface area contributed by atoms with Crippen LogP contribution in [-0.2, 0) is 18.3 Å². The van der Waals surface area contributed by atoms with Gasteiger partial charge in [-0.3, -0.25) is 0 Å². The van der Waals surface area contributed by atoms with Crippen molar-refractivity contribution < 1.29 is 47.2 Å². The molecule has 0 saturated carbocycles. The maximum Gasteiger partial charge on any atom is 0.340 e. The summed E-state index contributed by atoms with van der Waals surface area (Å²) in [4.78, 5) is 12.6. The number of anilines is 2. The predicted molar refractivity (Wildman–Crippen MR) is 134 cm³/mol. The molecule has 0 unspecified atom stereocenters. The summed E-state index contributed by atoms with van der Waals surface area (Å²) < 4.78 is 31.0. The number of aromatic nitrogens is 2. The van der Waals surface area contributed by atoms with Gasteiger partial charge in [0.15, 0.2) is 11.3 Å². The number of rotatable bonds is 6. The zero-order valence-corrected chi connectivity index (χ0v) is 23.5. The number of nitrogens with zero attached hydrogens (tertiary/aromatic N) is 2. The Hall–Kier alpha value is -2.41. The lowest BCUT2D eigenvalue weighted by molar-refractivity contribution is -0.645. The molecular weight excluding hydrogens is 663 g/mol. The zero-order valence-electron chi connectivity index (χ0n) is 19.2. The highest BCUT2D eigenvalue weighted by Gasteiger charge is 2.27. The molecule has 0 fully saturated rings. The molecule has 0 amide bonds. The third-order valence-corrected chi connectivity index (χ3v) is 6.24. The number of fused-ring (bicyclic) bond motifs is 1. The van der Waals surface area contributed by atoms with Crippen LogP contribution in [0, 0.1) is 16.3 Å². The van der Waals surface area contributed by atoms with E-state index in [1.54, 1.807) is 17.7 Å². The number of carbonyl (C=O) groups excluding carboxylic acids is 1. The van der Waals surface area contributed by atoms with Crippen molar-refractivity contribution in [1.29, 1.82) is 0 Å². The number of carbonyl (C=O) groups is 1. The molecule has 0 aliphatic carbocycles. The number of aryl methyl sites for hydroxylation is 2. The Morgan fingerprint density at radius 3 is 2.47 bits per heavy atom. The summed E-state index contributed by atoms with van der Waals surface area (Å²) in [5.74, 6) is -0.362. The largest absolute Gasteiger partial charge is 1.00 e. The summed E-state index contributed by atoms with van der Waals surface area (Å²) in [7, 11) is 4.73. The van der Waals surface area contributed by atoms with Gasteiger partial charge in [0.25, 0.3) is 0 Å². The maximum atomic E-state index is 16.1. The first-order valence-corrected chi connectivity index (χ1v) is 11.4. The number of hydrogen-bond acceptors (Lipinski definition) is 4. The number of hydrogen-bond donors (Lipinski definition) is 1. The van der Waals surface area contributed by atoms with Gasteiger partial charge in [0.2, 0.25) is 11.8 Å². The monoisotopic (exact) mass is 687 g/mol. The SMILES string of the molecule is COC(=O)c1cc2c(c(F)c1Nc1ccc(I)cc1C)n(Cc1ccc(OC)cc1)c[n+]2C.[I-]. The van der Waals surface area contributed by atoms with Crippen molar-refractivity contribution in [2.75, 3.05) is 19.5 Å². The highest BCUT2D eigenvalue weighted by Crippen LogP contribution is 2.32. The Morgan fingerprint density at radius 1 is 1.15 bits per heavy atom. The molecule has 0 aliphatic heterocycles. The summed E-state index contributed by atoms with van der Waals surface area (Å²) >= 11 is 2.23. The van der Waals surface area contributed by atoms with Crippen LogP contribution in [0.3, 0.4) is 0 Å². The summed E-state index contributed by atoms with van der Waals surface area (Å²) in [6.45, 7) is 2.39. The number of methoxy groups -OCH3 is 2. The minimum absolute atomic E-state index is 0. The Kier molecular flexibility index (Phi) is 8.39. The number of imidazole rings is 1. The van der Waals surface area contributed by atoms with E-state index in [4.69, 9.17) is 9.47 Å². The van der Waals surface area contributed by atoms with Gasteiger partial charge < -0.3 is 38.8 Å². The van der Waals surface area contributed by atoms with Gasteiger partial charge in [-0.15, -0.1) is 0 Å². The van der Waals surface area contributed by atoms with E-state index < -0.39 is 11.8 Å². The summed E-state index contributed by atoms with van der Waals surface area (Å²) in [6, 6.07) is 15.1. The normalized spacial score (nSPS) is 10.6. The Labute approximate surface area is 228 Å². The fourth-order valence-electron chi connectivity index (χ4n) is 3.84. The van der Waals surface area contributed by atoms with Crippen LogP contribution in [0.4, 0.5) is 15.8 Å². The molecule has 0 bridgehead atoms. The van der Waals surface area contributed by atoms with Gasteiger partial charge in [-0.2, -0.15) is 4.39 Å². The smallest absolute Gasteiger partial charge is 0.340 e. The fraction of sp³-hybridized carbons (Fsp3) is 0.200. The van der Waals surface area contributed by atoms with Crippen molar-refractivity contribution in [1.82, 2.24) is 4.57 Å². The molecule has 4 aromatic rings. The summed E-state index contributed by atoms with van der Waals surface area (Å²) in [5.41, 5.74) is 3.87. The van der Waals surface area contributed by atoms with Gasteiger partial charge in [-0.25, -0.2) is 13.9 Å². The first-order valence-electron chi connectivity index (χ1n) is 10.3. The molecule has 0 aliphatic rings. The van der Waals surface area contributed by atoms with Crippen molar-refractivity contribution in [3.05, 3.63) is 80.9 Å². The molecule has 9 heteroatoms. The average molecular weight is 687 g/mol. The van der Waals surface area contributed by atoms with Crippen LogP contribution in [0.1, 0.15) is 21.5 Å². The van der Waals surface area contributed by atoms with E-state index in [-0.39, 0.29) is 35.2 Å². The van der Waals surface area contributed by atoms with Crippen molar-refractivity contribution in [2.45, 2.75) is 13.5 Å². The highest BCUT2D eigenvalue weighted by atomic mass is 127. The van der Waals surface area contributed by atoms with E-state index in [0.717, 1.165) is 26.1 Å². The topological polar surface area (TPSA) is 56.4 Å². The lowest BCUT2D eigenvalue weighted by Gasteiger charge is -2.14. The molecule has 1 aromatic heterocycles. The van der Waals surface area contributed by atoms with Crippen LogP contribution in [0.5, 0.6) is 5.75 Å². The Balaban J connectivity index is 0.00000324. The molecule has 0 atom stereocenters. The van der Waals surface area contributed by atoms with Crippen LogP contribution in [0.15, 0.2) is 54.9 Å². The molecule has 0 saturated heterocycles. The molecule has 4 rings (SSSR count). The molecule has 1 N–H and O–H groups in total. The second-order valence-corrected chi connectivity index (χ2v) is 9.00. The fourth-order valence-corrected chi connectivity index (χ4v) is 4.49. The third kappa shape index (κ3) is 5.14. The number of ether oxygens (including phenoxy) is 2. The highest BCUT2D eigenvalue weighted by molar-refractivity contribution is 14.1. The lowest BCUT2D eigenvalue weighted by atomic mass is 10.1. The number of esters is 1. The van der Waals surface area contributed by atoms with E-state index in [9.17, 15) is 4.79 Å². The van der Waals surface area contributed by atoms with Crippen LogP contribution in [0.25, 0.3) is 11.0 Å². The van der Waals surface area contributed by atoms with Crippen LogP contribution in [-0.4, -0.2) is 24.8 Å². The molecule has 34 heavy (non-hydrogen) atoms. The van der Waals surface area contributed by atoms with Gasteiger partial charge in [0, 0.05) is 15.3 Å². The van der Waals surface area contributed by atoms with Gasteiger partial charge >= 0.3 is 5.97 Å². The zero-order chi connectivity index (χ0) is 23.7. The molecule has 6 nitrogen and oxygen atoms in total. The maximum absolute atomic E-state index is 16.1. The molecule has 0 radical (unpaired) electrons. The van der Waals surface area contributed by atoms with Crippen molar-refractivity contribution >= 4 is 51.0 Å². The Morgan fingerprint density at radius 2 is 1.85 bits per heavy atom. The molecule has 178 valence electrons. The summed E-state index contributed by atoms with van der Waals surface area (Å²) in [5, 5.41) is 3.14. The predicted octanol–water partition coefficient (Wildman–Crippen LogP) is 2.11. The van der Waals surface area contributed by atoms with Crippen molar-refractivity contribution in [2.24, 2.45) is 7.05 Å². The van der Waals surface area contributed by atoms with E-state index in [0.29, 0.717) is 17.6 Å². The van der Waals surface area contributed by atoms with E-state index in [1.807, 2.05) is 67.3 Å². The van der Waals surface area contributed by atoms with E-state index >= 15 is 4.39 Å². The van der Waals surface area contributed by atoms with Gasteiger partial charge in [-0.1, -0.05) is 12.1 Å². The first-order chi connectivity index (χ1) is 15.8. The van der Waals surface area contributed by atoms with Crippen LogP contribution in [0.2, 0.25) is 0 Å². The lowest BCUT2D eigenvalue weighted by Crippen LogP contribution is -3.00. The standard InChI is InChI=1S/C25H23FIN3O3.HI/c1-15-11-17(27)7-10-20(15)28-23-19(25(31)33-4)12-21-24(22(23)26)30(14-29(21)2)13-16-5-8-18(32-3)9-6-16;/h5-12,14H,13H2,1-4H3;1H. The molecule has 3 aromatic carbocycles. The summed E-state index contributed by atoms with van der Waals surface area (Å²) in [6.07, 6.45) is 1.82. The minimum atomic E-state index is -0.607. The van der Waals surface area contributed by atoms with E-state index in [2.05, 4.69) is 27.9 Å². The average Bonchev–Trinajstić information content (AvgIpc) is 3.12. The third-order valence-electron chi connectivity index (χ3n) is 5.57. The van der Waals surface area contributed by atoms with Gasteiger partial charge in [-0.05, 0) is 71.0 Å². The van der Waals surface area contributed by atoms with Crippen LogP contribution >= 0.6 is 22.6 Å². The van der Waals surface area contributed by atoms with Crippen LogP contribution < -0.4 is 38.6 Å². The minimum Gasteiger partial charge on any atom is -1.00 e. The Bertz CT molecular complexity index is 1350. The molecule has 0 spiro atoms. The van der Waals surface area contributed by atoms with Crippen molar-refractivity contribution in [3.8, 4) is 5.75 Å². The number of halogens is 3. The molecule has 1 heterocycles. The molecular formula is C25H24FI2N3O3. The second kappa shape index (κ2) is 10.9. The van der Waals surface area contributed by atoms with Gasteiger partial charge in [0.1, 0.15) is 12.3 Å². The second-order valence-electron chi connectivity index (χ2n) is 7.76. The quantitative estimate of drug-likeness (QED) is 0.192. The van der Waals surface area contributed by atoms with Crippen molar-refractivity contribution in [3.63, 3.8) is 0 Å².